The molecule has 1 atom stereocenters. The van der Waals surface area contributed by atoms with E-state index in [1.165, 1.54) is 24.8 Å². The van der Waals surface area contributed by atoms with Gasteiger partial charge in [-0.15, -0.1) is 0 Å². The molecule has 0 aromatic carbocycles. The van der Waals surface area contributed by atoms with Crippen molar-refractivity contribution in [3.8, 4) is 0 Å². The van der Waals surface area contributed by atoms with Crippen LogP contribution >= 0.6 is 0 Å². The third kappa shape index (κ3) is 4.77. The lowest BCUT2D eigenvalue weighted by atomic mass is 9.89. The molecule has 2 heteroatoms. The van der Waals surface area contributed by atoms with Crippen LogP contribution in [0.25, 0.3) is 0 Å². The predicted octanol–water partition coefficient (Wildman–Crippen LogP) is 2.45. The van der Waals surface area contributed by atoms with E-state index < -0.39 is 0 Å². The van der Waals surface area contributed by atoms with E-state index in [1.54, 1.807) is 0 Å². The third-order valence-electron chi connectivity index (χ3n) is 2.84. The predicted molar refractivity (Wildman–Crippen MR) is 64.4 cm³/mol. The maximum atomic E-state index is 5.85. The number of unbranched alkanes of at least 4 members (excludes halogenated alkanes) is 1. The van der Waals surface area contributed by atoms with Crippen molar-refractivity contribution >= 4 is 0 Å². The highest BCUT2D eigenvalue weighted by Gasteiger charge is 2.24. The van der Waals surface area contributed by atoms with Crippen LogP contribution in [0.3, 0.4) is 0 Å². The molecule has 0 saturated carbocycles. The molecule has 0 aliphatic rings. The van der Waals surface area contributed by atoms with E-state index in [0.717, 1.165) is 19.5 Å². The molecule has 0 saturated heterocycles. The summed E-state index contributed by atoms with van der Waals surface area (Å²) in [6.45, 7) is 12.0. The lowest BCUT2D eigenvalue weighted by Crippen LogP contribution is -2.51. The van der Waals surface area contributed by atoms with Gasteiger partial charge < -0.3 is 11.1 Å². The van der Waals surface area contributed by atoms with Gasteiger partial charge in [-0.1, -0.05) is 38.8 Å². The molecule has 1 unspecified atom stereocenters. The highest BCUT2D eigenvalue weighted by molar-refractivity contribution is 4.97. The smallest absolute Gasteiger partial charge is 0.0304 e. The molecule has 0 spiro atoms. The molecule has 0 heterocycles. The fourth-order valence-corrected chi connectivity index (χ4v) is 1.56. The van der Waals surface area contributed by atoms with E-state index in [2.05, 4.69) is 25.7 Å². The summed E-state index contributed by atoms with van der Waals surface area (Å²) in [5, 5.41) is 3.54. The van der Waals surface area contributed by atoms with E-state index >= 15 is 0 Å². The van der Waals surface area contributed by atoms with Crippen molar-refractivity contribution in [3.05, 3.63) is 12.2 Å². The second-order valence-corrected chi connectivity index (χ2v) is 4.25. The normalized spacial score (nSPS) is 15.1. The van der Waals surface area contributed by atoms with Crippen LogP contribution < -0.4 is 11.1 Å². The van der Waals surface area contributed by atoms with E-state index in [9.17, 15) is 0 Å². The summed E-state index contributed by atoms with van der Waals surface area (Å²) >= 11 is 0. The Hall–Kier alpha value is -0.340. The van der Waals surface area contributed by atoms with Gasteiger partial charge in [0.25, 0.3) is 0 Å². The van der Waals surface area contributed by atoms with Gasteiger partial charge in [-0.3, -0.25) is 0 Å². The molecule has 0 amide bonds. The fourth-order valence-electron chi connectivity index (χ4n) is 1.56. The minimum absolute atomic E-state index is 0.134. The highest BCUT2D eigenvalue weighted by atomic mass is 15.0. The van der Waals surface area contributed by atoms with Gasteiger partial charge in [0.1, 0.15) is 0 Å². The first kappa shape index (κ1) is 13.7. The summed E-state index contributed by atoms with van der Waals surface area (Å²) in [7, 11) is 0. The Morgan fingerprint density at radius 2 is 2.07 bits per heavy atom. The zero-order chi connectivity index (χ0) is 11.0. The number of hydrogen-bond donors (Lipinski definition) is 2. The Kier molecular flexibility index (Phi) is 6.85. The average molecular weight is 198 g/mol. The van der Waals surface area contributed by atoms with Gasteiger partial charge in [-0.2, -0.15) is 0 Å². The van der Waals surface area contributed by atoms with Crippen molar-refractivity contribution in [2.24, 2.45) is 5.73 Å². The van der Waals surface area contributed by atoms with Gasteiger partial charge in [0.05, 0.1) is 0 Å². The van der Waals surface area contributed by atoms with Gasteiger partial charge in [-0.05, 0) is 19.8 Å². The quantitative estimate of drug-likeness (QED) is 0.588. The zero-order valence-corrected chi connectivity index (χ0v) is 10.0. The molecule has 0 fully saturated rings. The van der Waals surface area contributed by atoms with Crippen molar-refractivity contribution in [1.82, 2.24) is 5.32 Å². The molecule has 3 N–H and O–H groups in total. The Labute approximate surface area is 89.0 Å². The number of hydrogen-bond acceptors (Lipinski definition) is 2. The highest BCUT2D eigenvalue weighted by Crippen LogP contribution is 2.17. The second-order valence-electron chi connectivity index (χ2n) is 4.25. The Balaban J connectivity index is 4.13. The van der Waals surface area contributed by atoms with Crippen molar-refractivity contribution in [1.29, 1.82) is 0 Å². The number of nitrogens with two attached hydrogens (primary N) is 1. The van der Waals surface area contributed by atoms with Gasteiger partial charge in [-0.25, -0.2) is 0 Å². The molecule has 14 heavy (non-hydrogen) atoms. The molecule has 0 bridgehead atoms. The summed E-state index contributed by atoms with van der Waals surface area (Å²) in [6.07, 6.45) is 4.74. The first-order valence-corrected chi connectivity index (χ1v) is 5.69. The summed E-state index contributed by atoms with van der Waals surface area (Å²) in [5.41, 5.74) is 7.16. The van der Waals surface area contributed by atoms with Crippen LogP contribution in [-0.4, -0.2) is 18.6 Å². The first-order chi connectivity index (χ1) is 6.60. The van der Waals surface area contributed by atoms with Crippen LogP contribution in [-0.2, 0) is 0 Å². The molecule has 0 aromatic heterocycles. The molecule has 0 aliphatic carbocycles. The van der Waals surface area contributed by atoms with Gasteiger partial charge >= 0.3 is 0 Å². The Morgan fingerprint density at radius 3 is 2.43 bits per heavy atom. The molecule has 0 radical (unpaired) electrons. The van der Waals surface area contributed by atoms with Crippen molar-refractivity contribution in [3.63, 3.8) is 0 Å². The van der Waals surface area contributed by atoms with E-state index in [0.29, 0.717) is 0 Å². The fraction of sp³-hybridized carbons (Fsp3) is 0.833. The van der Waals surface area contributed by atoms with Crippen LogP contribution in [0.1, 0.15) is 46.5 Å². The SMILES string of the molecule is C=C(C)CNC(CC)(CN)CCCC. The van der Waals surface area contributed by atoms with Crippen LogP contribution in [0.2, 0.25) is 0 Å². The van der Waals surface area contributed by atoms with Crippen molar-refractivity contribution < 1.29 is 0 Å². The van der Waals surface area contributed by atoms with Crippen molar-refractivity contribution in [2.75, 3.05) is 13.1 Å². The van der Waals surface area contributed by atoms with Crippen molar-refractivity contribution in [2.45, 2.75) is 52.0 Å². The van der Waals surface area contributed by atoms with Crippen LogP contribution in [0.15, 0.2) is 12.2 Å². The third-order valence-corrected chi connectivity index (χ3v) is 2.84. The monoisotopic (exact) mass is 198 g/mol. The van der Waals surface area contributed by atoms with E-state index in [4.69, 9.17) is 5.73 Å². The minimum Gasteiger partial charge on any atom is -0.329 e. The number of nitrogens with one attached hydrogen (secondary N) is 1. The summed E-state index contributed by atoms with van der Waals surface area (Å²) in [4.78, 5) is 0. The zero-order valence-electron chi connectivity index (χ0n) is 10.0. The second kappa shape index (κ2) is 7.02. The van der Waals surface area contributed by atoms with Gasteiger partial charge in [0.2, 0.25) is 0 Å². The first-order valence-electron chi connectivity index (χ1n) is 5.69. The standard InChI is InChI=1S/C12H26N2/c1-5-7-8-12(6-2,10-13)14-9-11(3)4/h14H,3,5-10,13H2,1-2,4H3. The largest absolute Gasteiger partial charge is 0.329 e. The van der Waals surface area contributed by atoms with Gasteiger partial charge in [0, 0.05) is 18.6 Å². The van der Waals surface area contributed by atoms with Crippen LogP contribution in [0.4, 0.5) is 0 Å². The molecule has 0 aliphatic heterocycles. The topological polar surface area (TPSA) is 38.0 Å². The average Bonchev–Trinajstić information content (AvgIpc) is 2.19. The lowest BCUT2D eigenvalue weighted by molar-refractivity contribution is 0.300. The Bertz CT molecular complexity index is 160. The molecule has 2 nitrogen and oxygen atoms in total. The van der Waals surface area contributed by atoms with E-state index in [1.807, 2.05) is 6.92 Å². The minimum atomic E-state index is 0.134. The molecule has 0 aromatic rings. The molecular formula is C12H26N2. The maximum Gasteiger partial charge on any atom is 0.0304 e. The van der Waals surface area contributed by atoms with E-state index in [-0.39, 0.29) is 5.54 Å². The Morgan fingerprint density at radius 1 is 1.43 bits per heavy atom. The van der Waals surface area contributed by atoms with Crippen LogP contribution in [0, 0.1) is 0 Å². The maximum absolute atomic E-state index is 5.85. The molecule has 0 rings (SSSR count). The van der Waals surface area contributed by atoms with Crippen LogP contribution in [0.5, 0.6) is 0 Å². The summed E-state index contributed by atoms with van der Waals surface area (Å²) in [6, 6.07) is 0. The summed E-state index contributed by atoms with van der Waals surface area (Å²) < 4.78 is 0. The molecular weight excluding hydrogens is 172 g/mol. The summed E-state index contributed by atoms with van der Waals surface area (Å²) in [5.74, 6) is 0. The molecule has 84 valence electrons. The van der Waals surface area contributed by atoms with Gasteiger partial charge in [0.15, 0.2) is 0 Å². The lowest BCUT2D eigenvalue weighted by Gasteiger charge is -2.33. The number of rotatable bonds is 8.